The second kappa shape index (κ2) is 5.69. The van der Waals surface area contributed by atoms with E-state index in [2.05, 4.69) is 21.9 Å². The zero-order chi connectivity index (χ0) is 14.8. The SMILES string of the molecule is Cc1noc(C)c1CNC(=O)C1NCCc2ccccc21. The van der Waals surface area contributed by atoms with Crippen LogP contribution in [0.5, 0.6) is 0 Å². The van der Waals surface area contributed by atoms with Crippen molar-refractivity contribution >= 4 is 5.91 Å². The molecule has 1 aliphatic heterocycles. The summed E-state index contributed by atoms with van der Waals surface area (Å²) < 4.78 is 5.11. The smallest absolute Gasteiger partial charge is 0.242 e. The van der Waals surface area contributed by atoms with Crippen LogP contribution in [0.1, 0.15) is 34.2 Å². The maximum atomic E-state index is 12.5. The van der Waals surface area contributed by atoms with Gasteiger partial charge in [-0.1, -0.05) is 29.4 Å². The Labute approximate surface area is 123 Å². The van der Waals surface area contributed by atoms with Crippen molar-refractivity contribution in [3.8, 4) is 0 Å². The largest absolute Gasteiger partial charge is 0.361 e. The molecule has 5 heteroatoms. The summed E-state index contributed by atoms with van der Waals surface area (Å²) in [5.74, 6) is 0.743. The van der Waals surface area contributed by atoms with Gasteiger partial charge in [0.05, 0.1) is 5.69 Å². The highest BCUT2D eigenvalue weighted by molar-refractivity contribution is 5.84. The maximum Gasteiger partial charge on any atom is 0.242 e. The molecule has 5 nitrogen and oxygen atoms in total. The number of fused-ring (bicyclic) bond motifs is 1. The van der Waals surface area contributed by atoms with Crippen LogP contribution in [0.25, 0.3) is 0 Å². The third kappa shape index (κ3) is 2.69. The molecule has 0 saturated heterocycles. The summed E-state index contributed by atoms with van der Waals surface area (Å²) in [5, 5.41) is 10.2. The summed E-state index contributed by atoms with van der Waals surface area (Å²) in [6.45, 7) is 5.00. The van der Waals surface area contributed by atoms with E-state index in [1.807, 2.05) is 32.0 Å². The number of amides is 1. The molecule has 2 aromatic rings. The van der Waals surface area contributed by atoms with Gasteiger partial charge in [-0.3, -0.25) is 4.79 Å². The molecule has 21 heavy (non-hydrogen) atoms. The van der Waals surface area contributed by atoms with Gasteiger partial charge < -0.3 is 15.2 Å². The van der Waals surface area contributed by atoms with Gasteiger partial charge in [0.1, 0.15) is 11.8 Å². The van der Waals surface area contributed by atoms with Crippen LogP contribution in [0.2, 0.25) is 0 Å². The van der Waals surface area contributed by atoms with Crippen molar-refractivity contribution in [1.29, 1.82) is 0 Å². The zero-order valence-electron chi connectivity index (χ0n) is 12.3. The molecule has 0 aliphatic carbocycles. The molecule has 1 amide bonds. The number of hydrogen-bond acceptors (Lipinski definition) is 4. The summed E-state index contributed by atoms with van der Waals surface area (Å²) in [5.41, 5.74) is 4.09. The van der Waals surface area contributed by atoms with Crippen LogP contribution in [0.3, 0.4) is 0 Å². The average Bonchev–Trinajstić information content (AvgIpc) is 2.83. The molecule has 0 spiro atoms. The molecule has 0 saturated carbocycles. The van der Waals surface area contributed by atoms with E-state index in [-0.39, 0.29) is 11.9 Å². The van der Waals surface area contributed by atoms with E-state index in [0.29, 0.717) is 6.54 Å². The third-order valence-corrected chi connectivity index (χ3v) is 3.99. The molecule has 110 valence electrons. The van der Waals surface area contributed by atoms with Crippen LogP contribution in [0.15, 0.2) is 28.8 Å². The van der Waals surface area contributed by atoms with Crippen LogP contribution < -0.4 is 10.6 Å². The van der Waals surface area contributed by atoms with Crippen molar-refractivity contribution in [3.63, 3.8) is 0 Å². The summed E-state index contributed by atoms with van der Waals surface area (Å²) in [6, 6.07) is 7.81. The lowest BCUT2D eigenvalue weighted by atomic mass is 9.94. The Kier molecular flexibility index (Phi) is 3.75. The van der Waals surface area contributed by atoms with Gasteiger partial charge >= 0.3 is 0 Å². The number of nitrogens with one attached hydrogen (secondary N) is 2. The Balaban J connectivity index is 1.72. The molecule has 1 aromatic heterocycles. The van der Waals surface area contributed by atoms with E-state index in [4.69, 9.17) is 4.52 Å². The summed E-state index contributed by atoms with van der Waals surface area (Å²) in [6.07, 6.45) is 0.962. The zero-order valence-corrected chi connectivity index (χ0v) is 12.3. The Morgan fingerprint density at radius 1 is 1.43 bits per heavy atom. The predicted molar refractivity (Wildman–Crippen MR) is 78.7 cm³/mol. The fourth-order valence-corrected chi connectivity index (χ4v) is 2.77. The van der Waals surface area contributed by atoms with Crippen LogP contribution in [-0.2, 0) is 17.8 Å². The number of aryl methyl sites for hydroxylation is 2. The molecular weight excluding hydrogens is 266 g/mol. The Morgan fingerprint density at radius 3 is 3.00 bits per heavy atom. The summed E-state index contributed by atoms with van der Waals surface area (Å²) in [7, 11) is 0. The van der Waals surface area contributed by atoms with Gasteiger partial charge in [0, 0.05) is 18.7 Å². The molecule has 0 fully saturated rings. The van der Waals surface area contributed by atoms with Crippen molar-refractivity contribution in [2.45, 2.75) is 32.9 Å². The minimum atomic E-state index is -0.282. The second-order valence-corrected chi connectivity index (χ2v) is 5.36. The number of hydrogen-bond donors (Lipinski definition) is 2. The average molecular weight is 285 g/mol. The number of carbonyl (C=O) groups is 1. The lowest BCUT2D eigenvalue weighted by molar-refractivity contribution is -0.123. The van der Waals surface area contributed by atoms with E-state index in [1.165, 1.54) is 5.56 Å². The molecule has 2 heterocycles. The predicted octanol–water partition coefficient (Wildman–Crippen LogP) is 1.79. The van der Waals surface area contributed by atoms with E-state index < -0.39 is 0 Å². The normalized spacial score (nSPS) is 17.3. The van der Waals surface area contributed by atoms with E-state index in [0.717, 1.165) is 35.5 Å². The van der Waals surface area contributed by atoms with Crippen LogP contribution in [-0.4, -0.2) is 17.6 Å². The molecular formula is C16H19N3O2. The molecule has 3 rings (SSSR count). The van der Waals surface area contributed by atoms with E-state index >= 15 is 0 Å². The molecule has 0 bridgehead atoms. The standard InChI is InChI=1S/C16H19N3O2/c1-10-14(11(2)21-19-10)9-18-16(20)15-13-6-4-3-5-12(13)7-8-17-15/h3-6,15,17H,7-9H2,1-2H3,(H,18,20). The number of carbonyl (C=O) groups excluding carboxylic acids is 1. The van der Waals surface area contributed by atoms with Crippen LogP contribution in [0.4, 0.5) is 0 Å². The van der Waals surface area contributed by atoms with Gasteiger partial charge in [-0.25, -0.2) is 0 Å². The molecule has 1 aromatic carbocycles. The summed E-state index contributed by atoms with van der Waals surface area (Å²) >= 11 is 0. The van der Waals surface area contributed by atoms with Gasteiger partial charge in [0.15, 0.2) is 0 Å². The van der Waals surface area contributed by atoms with Crippen molar-refractivity contribution in [3.05, 3.63) is 52.4 Å². The molecule has 2 N–H and O–H groups in total. The van der Waals surface area contributed by atoms with Gasteiger partial charge in [-0.2, -0.15) is 0 Å². The van der Waals surface area contributed by atoms with Crippen LogP contribution >= 0.6 is 0 Å². The number of rotatable bonds is 3. The number of nitrogens with zero attached hydrogens (tertiary/aromatic N) is 1. The van der Waals surface area contributed by atoms with Crippen LogP contribution in [0, 0.1) is 13.8 Å². The Morgan fingerprint density at radius 2 is 2.24 bits per heavy atom. The van der Waals surface area contributed by atoms with Crippen molar-refractivity contribution in [2.75, 3.05) is 6.54 Å². The fourth-order valence-electron chi connectivity index (χ4n) is 2.77. The monoisotopic (exact) mass is 285 g/mol. The first-order valence-corrected chi connectivity index (χ1v) is 7.17. The number of aromatic nitrogens is 1. The van der Waals surface area contributed by atoms with E-state index in [1.54, 1.807) is 0 Å². The molecule has 0 radical (unpaired) electrons. The summed E-state index contributed by atoms with van der Waals surface area (Å²) in [4.78, 5) is 12.5. The molecule has 1 unspecified atom stereocenters. The Hall–Kier alpha value is -2.14. The highest BCUT2D eigenvalue weighted by Gasteiger charge is 2.25. The third-order valence-electron chi connectivity index (χ3n) is 3.99. The fraction of sp³-hybridized carbons (Fsp3) is 0.375. The minimum Gasteiger partial charge on any atom is -0.361 e. The Bertz CT molecular complexity index is 644. The lowest BCUT2D eigenvalue weighted by Gasteiger charge is -2.26. The molecule has 1 atom stereocenters. The maximum absolute atomic E-state index is 12.5. The first-order valence-electron chi connectivity index (χ1n) is 7.17. The van der Waals surface area contributed by atoms with Gasteiger partial charge in [0.25, 0.3) is 0 Å². The van der Waals surface area contributed by atoms with Crippen molar-refractivity contribution < 1.29 is 9.32 Å². The van der Waals surface area contributed by atoms with E-state index in [9.17, 15) is 4.79 Å². The highest BCUT2D eigenvalue weighted by Crippen LogP contribution is 2.23. The van der Waals surface area contributed by atoms with Crippen molar-refractivity contribution in [2.24, 2.45) is 0 Å². The second-order valence-electron chi connectivity index (χ2n) is 5.36. The van der Waals surface area contributed by atoms with Gasteiger partial charge in [-0.15, -0.1) is 0 Å². The van der Waals surface area contributed by atoms with Gasteiger partial charge in [-0.05, 0) is 31.4 Å². The topological polar surface area (TPSA) is 67.2 Å². The van der Waals surface area contributed by atoms with Gasteiger partial charge in [0.2, 0.25) is 5.91 Å². The molecule has 1 aliphatic rings. The first-order chi connectivity index (χ1) is 10.2. The number of benzene rings is 1. The van der Waals surface area contributed by atoms with Crippen molar-refractivity contribution in [1.82, 2.24) is 15.8 Å². The first kappa shape index (κ1) is 13.8. The quantitative estimate of drug-likeness (QED) is 0.902. The minimum absolute atomic E-state index is 0.0119. The highest BCUT2D eigenvalue weighted by atomic mass is 16.5. The lowest BCUT2D eigenvalue weighted by Crippen LogP contribution is -2.41.